The molecule has 1 aliphatic rings. The molecule has 0 radical (unpaired) electrons. The summed E-state index contributed by atoms with van der Waals surface area (Å²) in [5, 5.41) is 4.19. The van der Waals surface area contributed by atoms with Crippen LogP contribution in [0.25, 0.3) is 0 Å². The number of hydrogen-bond donors (Lipinski definition) is 1. The summed E-state index contributed by atoms with van der Waals surface area (Å²) in [7, 11) is 0. The Hall–Kier alpha value is -0.870. The lowest BCUT2D eigenvalue weighted by Gasteiger charge is -2.31. The molecule has 2 aromatic carbocycles. The highest BCUT2D eigenvalue weighted by Gasteiger charge is 2.15. The number of benzene rings is 2. The van der Waals surface area contributed by atoms with E-state index in [1.54, 1.807) is 11.8 Å². The SMILES string of the molecule is Cc1ccc(Sc2ccc(Cl)cc2)c(N2CCNCC2)c1.Cl. The fourth-order valence-corrected chi connectivity index (χ4v) is 3.58. The van der Waals surface area contributed by atoms with E-state index in [2.05, 4.69) is 47.5 Å². The average molecular weight is 355 g/mol. The predicted octanol–water partition coefficient (Wildman–Crippen LogP) is 4.63. The van der Waals surface area contributed by atoms with Crippen LogP contribution in [-0.4, -0.2) is 26.2 Å². The van der Waals surface area contributed by atoms with Crippen LogP contribution >= 0.6 is 35.8 Å². The molecule has 0 bridgehead atoms. The second-order valence-electron chi connectivity index (χ2n) is 5.26. The van der Waals surface area contributed by atoms with Gasteiger partial charge in [-0.25, -0.2) is 0 Å². The smallest absolute Gasteiger partial charge is 0.0511 e. The number of nitrogens with one attached hydrogen (secondary N) is 1. The minimum Gasteiger partial charge on any atom is -0.368 e. The first-order valence-electron chi connectivity index (χ1n) is 7.22. The second-order valence-corrected chi connectivity index (χ2v) is 6.82. The largest absolute Gasteiger partial charge is 0.368 e. The Kier molecular flexibility index (Phi) is 6.45. The van der Waals surface area contributed by atoms with Crippen molar-refractivity contribution < 1.29 is 0 Å². The summed E-state index contributed by atoms with van der Waals surface area (Å²) < 4.78 is 0. The summed E-state index contributed by atoms with van der Waals surface area (Å²) in [4.78, 5) is 5.01. The van der Waals surface area contributed by atoms with Crippen LogP contribution in [0.1, 0.15) is 5.56 Å². The molecule has 3 rings (SSSR count). The Balaban J connectivity index is 0.00000176. The van der Waals surface area contributed by atoms with Gasteiger partial charge in [-0.2, -0.15) is 0 Å². The summed E-state index contributed by atoms with van der Waals surface area (Å²) in [5.41, 5.74) is 2.65. The highest BCUT2D eigenvalue weighted by Crippen LogP contribution is 2.36. The van der Waals surface area contributed by atoms with Crippen molar-refractivity contribution in [2.45, 2.75) is 16.7 Å². The molecule has 1 heterocycles. The van der Waals surface area contributed by atoms with E-state index in [1.807, 2.05) is 12.1 Å². The molecule has 1 fully saturated rings. The van der Waals surface area contributed by atoms with Crippen LogP contribution in [0.5, 0.6) is 0 Å². The first-order valence-corrected chi connectivity index (χ1v) is 8.41. The summed E-state index contributed by atoms with van der Waals surface area (Å²) in [5.74, 6) is 0. The van der Waals surface area contributed by atoms with Crippen molar-refractivity contribution in [3.63, 3.8) is 0 Å². The zero-order valence-corrected chi connectivity index (χ0v) is 14.9. The summed E-state index contributed by atoms with van der Waals surface area (Å²) in [6.45, 7) is 6.40. The van der Waals surface area contributed by atoms with Gasteiger partial charge in [0, 0.05) is 41.0 Å². The second kappa shape index (κ2) is 8.11. The number of rotatable bonds is 3. The zero-order chi connectivity index (χ0) is 14.7. The molecule has 0 aliphatic carbocycles. The monoisotopic (exact) mass is 354 g/mol. The molecule has 2 aromatic rings. The van der Waals surface area contributed by atoms with Gasteiger partial charge in [-0.3, -0.25) is 0 Å². The van der Waals surface area contributed by atoms with E-state index >= 15 is 0 Å². The van der Waals surface area contributed by atoms with Crippen LogP contribution in [0.3, 0.4) is 0 Å². The topological polar surface area (TPSA) is 15.3 Å². The highest BCUT2D eigenvalue weighted by atomic mass is 35.5. The van der Waals surface area contributed by atoms with E-state index in [0.29, 0.717) is 0 Å². The minimum atomic E-state index is 0. The van der Waals surface area contributed by atoms with Crippen LogP contribution in [0.15, 0.2) is 52.3 Å². The van der Waals surface area contributed by atoms with Crippen LogP contribution < -0.4 is 10.2 Å². The zero-order valence-electron chi connectivity index (χ0n) is 12.5. The van der Waals surface area contributed by atoms with Crippen molar-refractivity contribution in [2.24, 2.45) is 0 Å². The molecular formula is C17H20Cl2N2S. The fourth-order valence-electron chi connectivity index (χ4n) is 2.50. The van der Waals surface area contributed by atoms with E-state index in [1.165, 1.54) is 21.0 Å². The number of aryl methyl sites for hydroxylation is 1. The molecule has 0 saturated carbocycles. The Morgan fingerprint density at radius 3 is 2.41 bits per heavy atom. The predicted molar refractivity (Wildman–Crippen MR) is 99.1 cm³/mol. The Bertz CT molecular complexity index is 611. The highest BCUT2D eigenvalue weighted by molar-refractivity contribution is 7.99. The van der Waals surface area contributed by atoms with Crippen molar-refractivity contribution in [3.8, 4) is 0 Å². The van der Waals surface area contributed by atoms with Gasteiger partial charge in [-0.15, -0.1) is 12.4 Å². The number of nitrogens with zero attached hydrogens (tertiary/aromatic N) is 1. The van der Waals surface area contributed by atoms with Gasteiger partial charge in [0.05, 0.1) is 5.69 Å². The van der Waals surface area contributed by atoms with Crippen LogP contribution in [-0.2, 0) is 0 Å². The Morgan fingerprint density at radius 2 is 1.73 bits per heavy atom. The van der Waals surface area contributed by atoms with E-state index in [-0.39, 0.29) is 12.4 Å². The molecule has 2 nitrogen and oxygen atoms in total. The molecule has 0 spiro atoms. The molecule has 1 saturated heterocycles. The molecule has 22 heavy (non-hydrogen) atoms. The molecule has 0 aromatic heterocycles. The van der Waals surface area contributed by atoms with E-state index in [4.69, 9.17) is 11.6 Å². The van der Waals surface area contributed by atoms with Gasteiger partial charge in [-0.05, 0) is 48.9 Å². The molecule has 1 N–H and O–H groups in total. The Labute approximate surface area is 147 Å². The molecule has 0 atom stereocenters. The van der Waals surface area contributed by atoms with Crippen molar-refractivity contribution in [1.82, 2.24) is 5.32 Å². The number of halogens is 2. The molecule has 5 heteroatoms. The minimum absolute atomic E-state index is 0. The van der Waals surface area contributed by atoms with Crippen LogP contribution in [0.4, 0.5) is 5.69 Å². The van der Waals surface area contributed by atoms with Gasteiger partial charge >= 0.3 is 0 Å². The first kappa shape index (κ1) is 17.5. The number of anilines is 1. The third-order valence-corrected chi connectivity index (χ3v) is 4.94. The molecular weight excluding hydrogens is 335 g/mol. The summed E-state index contributed by atoms with van der Waals surface area (Å²) in [6.07, 6.45) is 0. The van der Waals surface area contributed by atoms with Crippen molar-refractivity contribution in [1.29, 1.82) is 0 Å². The maximum Gasteiger partial charge on any atom is 0.0511 e. The third kappa shape index (κ3) is 4.32. The molecule has 0 unspecified atom stereocenters. The van der Waals surface area contributed by atoms with Crippen LogP contribution in [0, 0.1) is 6.92 Å². The molecule has 118 valence electrons. The lowest BCUT2D eigenvalue weighted by molar-refractivity contribution is 0.587. The van der Waals surface area contributed by atoms with Gasteiger partial charge in [0.2, 0.25) is 0 Å². The van der Waals surface area contributed by atoms with Gasteiger partial charge in [0.15, 0.2) is 0 Å². The van der Waals surface area contributed by atoms with Crippen molar-refractivity contribution in [3.05, 3.63) is 53.1 Å². The maximum absolute atomic E-state index is 5.96. The standard InChI is InChI=1S/C17H19ClN2S.ClH/c1-13-2-7-17(21-15-5-3-14(18)4-6-15)16(12-13)20-10-8-19-9-11-20;/h2-7,12,19H,8-11H2,1H3;1H. The normalized spacial score (nSPS) is 14.5. The van der Waals surface area contributed by atoms with E-state index in [0.717, 1.165) is 31.2 Å². The number of hydrogen-bond acceptors (Lipinski definition) is 3. The first-order chi connectivity index (χ1) is 10.2. The quantitative estimate of drug-likeness (QED) is 0.864. The van der Waals surface area contributed by atoms with Crippen molar-refractivity contribution >= 4 is 41.5 Å². The van der Waals surface area contributed by atoms with Gasteiger partial charge in [-0.1, -0.05) is 29.4 Å². The molecule has 1 aliphatic heterocycles. The van der Waals surface area contributed by atoms with Gasteiger partial charge in [0.1, 0.15) is 0 Å². The number of piperazine rings is 1. The van der Waals surface area contributed by atoms with Gasteiger partial charge in [0.25, 0.3) is 0 Å². The van der Waals surface area contributed by atoms with Gasteiger partial charge < -0.3 is 10.2 Å². The Morgan fingerprint density at radius 1 is 1.05 bits per heavy atom. The average Bonchev–Trinajstić information content (AvgIpc) is 2.52. The fraction of sp³-hybridized carbons (Fsp3) is 0.294. The lowest BCUT2D eigenvalue weighted by atomic mass is 10.2. The molecule has 0 amide bonds. The van der Waals surface area contributed by atoms with E-state index in [9.17, 15) is 0 Å². The summed E-state index contributed by atoms with van der Waals surface area (Å²) in [6, 6.07) is 14.8. The summed E-state index contributed by atoms with van der Waals surface area (Å²) >= 11 is 7.77. The van der Waals surface area contributed by atoms with Crippen molar-refractivity contribution in [2.75, 3.05) is 31.1 Å². The lowest BCUT2D eigenvalue weighted by Crippen LogP contribution is -2.43. The van der Waals surface area contributed by atoms with Crippen LogP contribution in [0.2, 0.25) is 5.02 Å². The van der Waals surface area contributed by atoms with E-state index < -0.39 is 0 Å². The third-order valence-electron chi connectivity index (χ3n) is 3.61. The maximum atomic E-state index is 5.96.